The number of benzene rings is 1. The first-order chi connectivity index (χ1) is 16.4. The number of amides is 1. The van der Waals surface area contributed by atoms with E-state index in [9.17, 15) is 13.2 Å². The average molecular weight is 502 g/mol. The number of para-hydroxylation sites is 2. The van der Waals surface area contributed by atoms with Crippen LogP contribution in [0.4, 0.5) is 16.5 Å². The van der Waals surface area contributed by atoms with Crippen LogP contribution in [0.5, 0.6) is 0 Å². The molecule has 1 saturated heterocycles. The van der Waals surface area contributed by atoms with Crippen molar-refractivity contribution in [2.45, 2.75) is 31.8 Å². The van der Waals surface area contributed by atoms with Gasteiger partial charge in [0.1, 0.15) is 5.69 Å². The Morgan fingerprint density at radius 3 is 2.76 bits per heavy atom. The maximum Gasteiger partial charge on any atom is 0.275 e. The van der Waals surface area contributed by atoms with Gasteiger partial charge in [0.2, 0.25) is 10.0 Å². The molecule has 180 valence electrons. The minimum absolute atomic E-state index is 0.0608. The van der Waals surface area contributed by atoms with Gasteiger partial charge in [-0.15, -0.1) is 11.3 Å². The maximum absolute atomic E-state index is 13.0. The van der Waals surface area contributed by atoms with Crippen molar-refractivity contribution in [2.24, 2.45) is 0 Å². The van der Waals surface area contributed by atoms with Gasteiger partial charge in [0.25, 0.3) is 5.91 Å². The van der Waals surface area contributed by atoms with Crippen LogP contribution in [0.1, 0.15) is 34.6 Å². The van der Waals surface area contributed by atoms with Gasteiger partial charge in [-0.05, 0) is 25.0 Å². The fourth-order valence-corrected chi connectivity index (χ4v) is 6.16. The molecule has 34 heavy (non-hydrogen) atoms. The van der Waals surface area contributed by atoms with Crippen molar-refractivity contribution >= 4 is 43.8 Å². The SMILES string of the molecule is CS(=O)(=O)NC1CCN(c2ccccc2NC(=O)c2csc(N3CCc4[nH]ncc4C3)n2)CC1. The third kappa shape index (κ3) is 5.08. The van der Waals surface area contributed by atoms with Crippen LogP contribution >= 0.6 is 11.3 Å². The topological polar surface area (TPSA) is 123 Å². The monoisotopic (exact) mass is 501 g/mol. The molecular weight excluding hydrogens is 474 g/mol. The normalized spacial score (nSPS) is 17.0. The van der Waals surface area contributed by atoms with E-state index in [1.165, 1.54) is 23.3 Å². The molecule has 2 aromatic heterocycles. The van der Waals surface area contributed by atoms with Gasteiger partial charge in [-0.3, -0.25) is 9.89 Å². The molecule has 0 unspecified atom stereocenters. The molecule has 5 rings (SSSR count). The number of thiazole rings is 1. The number of aromatic nitrogens is 3. The van der Waals surface area contributed by atoms with Crippen LogP contribution in [0, 0.1) is 0 Å². The lowest BCUT2D eigenvalue weighted by molar-refractivity contribution is 0.102. The lowest BCUT2D eigenvalue weighted by Crippen LogP contribution is -2.44. The van der Waals surface area contributed by atoms with Crippen LogP contribution in [0.25, 0.3) is 0 Å². The Labute approximate surface area is 202 Å². The number of aromatic amines is 1. The number of hydrogen-bond acceptors (Lipinski definition) is 8. The molecule has 1 fully saturated rings. The Morgan fingerprint density at radius 1 is 1.18 bits per heavy atom. The highest BCUT2D eigenvalue weighted by molar-refractivity contribution is 7.88. The minimum Gasteiger partial charge on any atom is -0.370 e. The second-order valence-electron chi connectivity index (χ2n) is 8.68. The molecule has 1 amide bonds. The minimum atomic E-state index is -3.22. The zero-order valence-corrected chi connectivity index (χ0v) is 20.5. The summed E-state index contributed by atoms with van der Waals surface area (Å²) in [5.41, 5.74) is 4.37. The van der Waals surface area contributed by atoms with Crippen LogP contribution in [-0.4, -0.2) is 61.4 Å². The standard InChI is InChI=1S/C22H27N7O3S2/c1-34(31,32)27-16-6-9-28(10-7-16)20-5-3-2-4-18(20)24-21(30)19-14-33-22(25-19)29-11-8-17-15(13-29)12-23-26-17/h2-5,12,14,16,27H,6-11,13H2,1H3,(H,23,26)(H,24,30). The van der Waals surface area contributed by atoms with Gasteiger partial charge in [-0.25, -0.2) is 18.1 Å². The summed E-state index contributed by atoms with van der Waals surface area (Å²) in [7, 11) is -3.22. The first-order valence-electron chi connectivity index (χ1n) is 11.2. The fraction of sp³-hybridized carbons (Fsp3) is 0.409. The summed E-state index contributed by atoms with van der Waals surface area (Å²) in [4.78, 5) is 22.0. The van der Waals surface area contributed by atoms with Crippen LogP contribution in [0.2, 0.25) is 0 Å². The van der Waals surface area contributed by atoms with Gasteiger partial charge in [-0.1, -0.05) is 12.1 Å². The van der Waals surface area contributed by atoms with E-state index in [1.54, 1.807) is 5.38 Å². The Balaban J connectivity index is 1.24. The molecule has 1 aromatic carbocycles. The number of fused-ring (bicyclic) bond motifs is 1. The molecule has 3 aromatic rings. The van der Waals surface area contributed by atoms with E-state index in [4.69, 9.17) is 0 Å². The largest absolute Gasteiger partial charge is 0.370 e. The molecule has 3 N–H and O–H groups in total. The van der Waals surface area contributed by atoms with Gasteiger partial charge in [0.05, 0.1) is 23.8 Å². The molecule has 0 radical (unpaired) electrons. The van der Waals surface area contributed by atoms with Gasteiger partial charge in [0.15, 0.2) is 5.13 Å². The number of rotatable bonds is 6. The Kier molecular flexibility index (Phi) is 6.28. The van der Waals surface area contributed by atoms with Crippen LogP contribution < -0.4 is 19.8 Å². The number of hydrogen-bond donors (Lipinski definition) is 3. The lowest BCUT2D eigenvalue weighted by atomic mass is 10.0. The molecule has 0 saturated carbocycles. The zero-order chi connectivity index (χ0) is 23.7. The zero-order valence-electron chi connectivity index (χ0n) is 18.8. The summed E-state index contributed by atoms with van der Waals surface area (Å²) in [5.74, 6) is -0.246. The maximum atomic E-state index is 13.0. The summed E-state index contributed by atoms with van der Waals surface area (Å²) in [6, 6.07) is 7.62. The number of anilines is 3. The Hall–Kier alpha value is -2.96. The summed E-state index contributed by atoms with van der Waals surface area (Å²) in [5, 5.41) is 12.8. The van der Waals surface area contributed by atoms with Crippen LogP contribution in [0.15, 0.2) is 35.8 Å². The van der Waals surface area contributed by atoms with Gasteiger partial charge in [0, 0.05) is 55.3 Å². The van der Waals surface area contributed by atoms with E-state index in [1.807, 2.05) is 30.5 Å². The number of H-pyrrole nitrogens is 1. The number of carbonyl (C=O) groups is 1. The number of carbonyl (C=O) groups excluding carboxylic acids is 1. The molecule has 4 heterocycles. The van der Waals surface area contributed by atoms with Crippen molar-refractivity contribution in [3.05, 3.63) is 52.8 Å². The molecule has 0 spiro atoms. The molecule has 12 heteroatoms. The van der Waals surface area contributed by atoms with Crippen LogP contribution in [0.3, 0.4) is 0 Å². The van der Waals surface area contributed by atoms with E-state index in [2.05, 4.69) is 35.0 Å². The highest BCUT2D eigenvalue weighted by atomic mass is 32.2. The predicted octanol–water partition coefficient (Wildman–Crippen LogP) is 2.20. The van der Waals surface area contributed by atoms with E-state index >= 15 is 0 Å². The molecule has 2 aliphatic heterocycles. The number of sulfonamides is 1. The molecule has 10 nitrogen and oxygen atoms in total. The smallest absolute Gasteiger partial charge is 0.275 e. The first-order valence-corrected chi connectivity index (χ1v) is 14.0. The van der Waals surface area contributed by atoms with Crippen molar-refractivity contribution in [1.82, 2.24) is 19.9 Å². The number of nitrogens with one attached hydrogen (secondary N) is 3. The second-order valence-corrected chi connectivity index (χ2v) is 11.3. The highest BCUT2D eigenvalue weighted by Crippen LogP contribution is 2.30. The third-order valence-electron chi connectivity index (χ3n) is 6.16. The van der Waals surface area contributed by atoms with E-state index in [0.717, 1.165) is 41.6 Å². The van der Waals surface area contributed by atoms with E-state index in [0.29, 0.717) is 31.6 Å². The summed E-state index contributed by atoms with van der Waals surface area (Å²) >= 11 is 1.47. The van der Waals surface area contributed by atoms with E-state index in [-0.39, 0.29) is 11.9 Å². The predicted molar refractivity (Wildman–Crippen MR) is 133 cm³/mol. The number of piperidine rings is 1. The summed E-state index contributed by atoms with van der Waals surface area (Å²) in [6.45, 7) is 2.96. The molecule has 0 aliphatic carbocycles. The van der Waals surface area contributed by atoms with Crippen molar-refractivity contribution in [2.75, 3.05) is 41.0 Å². The van der Waals surface area contributed by atoms with Gasteiger partial charge < -0.3 is 15.1 Å². The molecular formula is C22H27N7O3S2. The fourth-order valence-electron chi connectivity index (χ4n) is 4.48. The molecule has 0 atom stereocenters. The lowest BCUT2D eigenvalue weighted by Gasteiger charge is -2.34. The second kappa shape index (κ2) is 9.35. The first kappa shape index (κ1) is 22.8. The highest BCUT2D eigenvalue weighted by Gasteiger charge is 2.25. The Bertz CT molecular complexity index is 1280. The Morgan fingerprint density at radius 2 is 1.97 bits per heavy atom. The van der Waals surface area contributed by atoms with Crippen molar-refractivity contribution in [3.63, 3.8) is 0 Å². The molecule has 2 aliphatic rings. The summed E-state index contributed by atoms with van der Waals surface area (Å²) in [6.07, 6.45) is 5.33. The van der Waals surface area contributed by atoms with Gasteiger partial charge in [-0.2, -0.15) is 5.10 Å². The van der Waals surface area contributed by atoms with Crippen molar-refractivity contribution in [3.8, 4) is 0 Å². The van der Waals surface area contributed by atoms with Crippen molar-refractivity contribution in [1.29, 1.82) is 0 Å². The van der Waals surface area contributed by atoms with Gasteiger partial charge >= 0.3 is 0 Å². The van der Waals surface area contributed by atoms with E-state index < -0.39 is 10.0 Å². The van der Waals surface area contributed by atoms with Crippen LogP contribution in [-0.2, 0) is 23.0 Å². The quantitative estimate of drug-likeness (QED) is 0.473. The number of nitrogens with zero attached hydrogens (tertiary/aromatic N) is 4. The summed E-state index contributed by atoms with van der Waals surface area (Å²) < 4.78 is 25.7. The molecule has 0 bridgehead atoms. The van der Waals surface area contributed by atoms with Crippen molar-refractivity contribution < 1.29 is 13.2 Å². The average Bonchev–Trinajstić information content (AvgIpc) is 3.48. The third-order valence-corrected chi connectivity index (χ3v) is 7.83.